The Labute approximate surface area is 190 Å². The summed E-state index contributed by atoms with van der Waals surface area (Å²) < 4.78 is 24.9. The van der Waals surface area contributed by atoms with Gasteiger partial charge in [-0.05, 0) is 43.4 Å². The second-order valence-corrected chi connectivity index (χ2v) is 8.62. The van der Waals surface area contributed by atoms with Gasteiger partial charge in [-0.3, -0.25) is 9.69 Å². The van der Waals surface area contributed by atoms with Crippen LogP contribution in [0.3, 0.4) is 0 Å². The number of hydrogen-bond acceptors (Lipinski definition) is 7. The van der Waals surface area contributed by atoms with E-state index >= 15 is 0 Å². The molecule has 1 aliphatic heterocycles. The van der Waals surface area contributed by atoms with Crippen LogP contribution in [0.15, 0.2) is 28.9 Å². The molecule has 170 valence electrons. The van der Waals surface area contributed by atoms with Gasteiger partial charge in [0, 0.05) is 18.9 Å². The summed E-state index contributed by atoms with van der Waals surface area (Å²) in [5.41, 5.74) is 0.851. The maximum absolute atomic E-state index is 14.0. The molecule has 2 N–H and O–H groups in total. The van der Waals surface area contributed by atoms with E-state index in [4.69, 9.17) is 21.4 Å². The van der Waals surface area contributed by atoms with Crippen LogP contribution in [0.5, 0.6) is 5.75 Å². The number of carbonyl (C=O) groups is 2. The van der Waals surface area contributed by atoms with Crippen molar-refractivity contribution in [3.63, 3.8) is 0 Å². The molecule has 32 heavy (non-hydrogen) atoms. The number of oxazole rings is 1. The quantitative estimate of drug-likeness (QED) is 0.497. The number of nitrogens with one attached hydrogen (secondary N) is 2. The minimum atomic E-state index is -0.378. The highest BCUT2D eigenvalue weighted by Crippen LogP contribution is 2.31. The van der Waals surface area contributed by atoms with Crippen LogP contribution in [0.4, 0.5) is 15.0 Å². The molecule has 4 rings (SSSR count). The number of aromatic nitrogens is 1. The molecule has 0 unspecified atom stereocenters. The predicted octanol–water partition coefficient (Wildman–Crippen LogP) is 3.31. The molecule has 1 aliphatic carbocycles. The molecule has 2 aromatic rings. The number of halogens is 1. The average molecular weight is 461 g/mol. The van der Waals surface area contributed by atoms with Crippen molar-refractivity contribution in [1.29, 1.82) is 0 Å². The van der Waals surface area contributed by atoms with Gasteiger partial charge in [0.1, 0.15) is 17.0 Å². The van der Waals surface area contributed by atoms with Gasteiger partial charge >= 0.3 is 6.03 Å². The predicted molar refractivity (Wildman–Crippen MR) is 119 cm³/mol. The number of anilines is 1. The van der Waals surface area contributed by atoms with Gasteiger partial charge in [-0.1, -0.05) is 18.3 Å². The number of Topliss-reactive ketones (excluding diaryl/α,β-unsaturated/α-hetero) is 1. The zero-order chi connectivity index (χ0) is 22.7. The summed E-state index contributed by atoms with van der Waals surface area (Å²) in [5, 5.41) is 5.70. The number of aryl methyl sites for hydroxylation is 1. The fraction of sp³-hybridized carbons (Fsp3) is 0.455. The van der Waals surface area contributed by atoms with Gasteiger partial charge in [-0.2, -0.15) is 4.98 Å². The van der Waals surface area contributed by atoms with Crippen molar-refractivity contribution in [2.45, 2.75) is 38.6 Å². The zero-order valence-corrected chi connectivity index (χ0v) is 18.5. The van der Waals surface area contributed by atoms with Crippen LogP contribution >= 0.6 is 12.2 Å². The lowest BCUT2D eigenvalue weighted by atomic mass is 10.1. The number of hydrogen-bond donors (Lipinski definition) is 2. The van der Waals surface area contributed by atoms with Gasteiger partial charge in [-0.15, -0.1) is 0 Å². The van der Waals surface area contributed by atoms with E-state index in [0.717, 1.165) is 18.4 Å². The van der Waals surface area contributed by atoms with Gasteiger partial charge in [0.2, 0.25) is 0 Å². The normalized spacial score (nSPS) is 16.9. The number of nitrogens with zero attached hydrogens (tertiary/aromatic N) is 2. The molecule has 1 aromatic carbocycles. The zero-order valence-electron chi connectivity index (χ0n) is 17.7. The van der Waals surface area contributed by atoms with E-state index < -0.39 is 0 Å². The number of benzene rings is 1. The average Bonchev–Trinajstić information content (AvgIpc) is 3.38. The molecule has 8 nitrogen and oxygen atoms in total. The molecule has 10 heteroatoms. The maximum Gasteiger partial charge on any atom is 0.328 e. The lowest BCUT2D eigenvalue weighted by molar-refractivity contribution is -0.118. The molecule has 0 radical (unpaired) electrons. The first-order valence-electron chi connectivity index (χ1n) is 10.6. The molecule has 2 heterocycles. The largest absolute Gasteiger partial charge is 0.490 e. The number of rotatable bonds is 11. The van der Waals surface area contributed by atoms with Crippen LogP contribution in [0.25, 0.3) is 0 Å². The van der Waals surface area contributed by atoms with E-state index in [1.807, 2.05) is 6.92 Å². The minimum absolute atomic E-state index is 0.0102. The van der Waals surface area contributed by atoms with Crippen molar-refractivity contribution in [3.8, 4) is 5.75 Å². The van der Waals surface area contributed by atoms with E-state index in [-0.39, 0.29) is 48.9 Å². The first-order chi connectivity index (χ1) is 15.4. The fourth-order valence-electron chi connectivity index (χ4n) is 3.28. The lowest BCUT2D eigenvalue weighted by Gasteiger charge is -2.15. The summed E-state index contributed by atoms with van der Waals surface area (Å²) in [6.45, 7) is 2.88. The standard InChI is InChI=1S/C22H25FN4O4S/c1-13(15-4-6-17(23)18(8-15)30-11-14-2-3-14)24-9-16(28)5-7-20-25-19(12-31-20)27-10-21(32)26-22(27)29/h4,6,8,12-14,24H,2-3,5,7,9-11H2,1H3,(H,26,29,32)/t13-/m1/s1. The van der Waals surface area contributed by atoms with E-state index in [2.05, 4.69) is 15.6 Å². The summed E-state index contributed by atoms with van der Waals surface area (Å²) in [4.78, 5) is 30.2. The smallest absolute Gasteiger partial charge is 0.328 e. The van der Waals surface area contributed by atoms with Crippen molar-refractivity contribution < 1.29 is 23.1 Å². The third-order valence-corrected chi connectivity index (χ3v) is 5.69. The van der Waals surface area contributed by atoms with Crippen molar-refractivity contribution in [2.75, 3.05) is 24.6 Å². The topological polar surface area (TPSA) is 96.7 Å². The van der Waals surface area contributed by atoms with Gasteiger partial charge < -0.3 is 19.8 Å². The van der Waals surface area contributed by atoms with Crippen LogP contribution in [-0.4, -0.2) is 41.5 Å². The Hall–Kier alpha value is -2.85. The van der Waals surface area contributed by atoms with Gasteiger partial charge in [-0.25, -0.2) is 9.18 Å². The molecule has 0 spiro atoms. The number of urea groups is 1. The second kappa shape index (κ2) is 9.74. The summed E-state index contributed by atoms with van der Waals surface area (Å²) in [7, 11) is 0. The third kappa shape index (κ3) is 5.68. The molecule has 2 fully saturated rings. The Kier molecular flexibility index (Phi) is 6.80. The summed E-state index contributed by atoms with van der Waals surface area (Å²) in [5.74, 6) is 1.15. The maximum atomic E-state index is 14.0. The molecule has 1 saturated carbocycles. The molecule has 2 aliphatic rings. The lowest BCUT2D eigenvalue weighted by Crippen LogP contribution is -2.28. The molecular formula is C22H25FN4O4S. The van der Waals surface area contributed by atoms with Crippen molar-refractivity contribution in [1.82, 2.24) is 15.6 Å². The van der Waals surface area contributed by atoms with Crippen molar-refractivity contribution in [3.05, 3.63) is 41.7 Å². The Morgan fingerprint density at radius 2 is 2.28 bits per heavy atom. The summed E-state index contributed by atoms with van der Waals surface area (Å²) in [6, 6.07) is 4.29. The van der Waals surface area contributed by atoms with Gasteiger partial charge in [0.25, 0.3) is 0 Å². The monoisotopic (exact) mass is 460 g/mol. The van der Waals surface area contributed by atoms with Gasteiger partial charge in [0.05, 0.1) is 19.7 Å². The number of carbonyl (C=O) groups excluding carboxylic acids is 2. The Balaban J connectivity index is 1.23. The van der Waals surface area contributed by atoms with Crippen LogP contribution in [0.2, 0.25) is 0 Å². The Bertz CT molecular complexity index is 1020. The molecule has 1 atom stereocenters. The number of thiocarbonyl (C=S) groups is 1. The highest BCUT2D eigenvalue weighted by molar-refractivity contribution is 7.80. The molecule has 1 saturated heterocycles. The Morgan fingerprint density at radius 3 is 3.00 bits per heavy atom. The minimum Gasteiger partial charge on any atom is -0.490 e. The second-order valence-electron chi connectivity index (χ2n) is 8.12. The van der Waals surface area contributed by atoms with E-state index in [1.54, 1.807) is 12.1 Å². The highest BCUT2D eigenvalue weighted by atomic mass is 32.1. The van der Waals surface area contributed by atoms with Crippen LogP contribution < -0.4 is 20.3 Å². The number of ether oxygens (including phenoxy) is 1. The van der Waals surface area contributed by atoms with Crippen LogP contribution in [-0.2, 0) is 11.2 Å². The van der Waals surface area contributed by atoms with Crippen LogP contribution in [0, 0.1) is 11.7 Å². The molecule has 1 aromatic heterocycles. The first-order valence-corrected chi connectivity index (χ1v) is 11.0. The van der Waals surface area contributed by atoms with E-state index in [9.17, 15) is 14.0 Å². The summed E-state index contributed by atoms with van der Waals surface area (Å²) in [6.07, 6.45) is 4.22. The highest BCUT2D eigenvalue weighted by Gasteiger charge is 2.28. The summed E-state index contributed by atoms with van der Waals surface area (Å²) >= 11 is 4.98. The van der Waals surface area contributed by atoms with Crippen LogP contribution in [0.1, 0.15) is 43.7 Å². The number of ketones is 1. The SMILES string of the molecule is C[C@@H](NCC(=O)CCc1nc(N2CC(=S)NC2=O)co1)c1ccc(F)c(OCC2CC2)c1. The molecule has 2 amide bonds. The van der Waals surface area contributed by atoms with Gasteiger partial charge in [0.15, 0.2) is 23.3 Å². The van der Waals surface area contributed by atoms with E-state index in [1.165, 1.54) is 17.2 Å². The van der Waals surface area contributed by atoms with E-state index in [0.29, 0.717) is 35.6 Å². The third-order valence-electron chi connectivity index (χ3n) is 5.46. The molecular weight excluding hydrogens is 435 g/mol. The number of amides is 2. The Morgan fingerprint density at radius 1 is 1.47 bits per heavy atom. The van der Waals surface area contributed by atoms with Crippen molar-refractivity contribution >= 4 is 34.8 Å². The molecule has 0 bridgehead atoms. The van der Waals surface area contributed by atoms with Crippen molar-refractivity contribution in [2.24, 2.45) is 5.92 Å². The first kappa shape index (κ1) is 22.3. The fourth-order valence-corrected chi connectivity index (χ4v) is 3.49.